The highest BCUT2D eigenvalue weighted by Gasteiger charge is 2.26. The van der Waals surface area contributed by atoms with Crippen LogP contribution < -0.4 is 0 Å². The molecule has 1 aliphatic carbocycles. The zero-order valence-electron chi connectivity index (χ0n) is 14.0. The lowest BCUT2D eigenvalue weighted by molar-refractivity contribution is -0.133. The Labute approximate surface area is 142 Å². The number of rotatable bonds is 5. The zero-order valence-corrected chi connectivity index (χ0v) is 14.0. The van der Waals surface area contributed by atoms with Crippen LogP contribution in [0.2, 0.25) is 0 Å². The van der Waals surface area contributed by atoms with Gasteiger partial charge in [0.2, 0.25) is 5.91 Å². The quantitative estimate of drug-likeness (QED) is 0.849. The first kappa shape index (κ1) is 15.4. The molecule has 0 unspecified atom stereocenters. The van der Waals surface area contributed by atoms with Crippen molar-refractivity contribution in [2.75, 3.05) is 13.1 Å². The van der Waals surface area contributed by atoms with Crippen LogP contribution in [0, 0.1) is 5.92 Å². The van der Waals surface area contributed by atoms with E-state index in [1.54, 1.807) is 4.68 Å². The fraction of sp³-hybridized carbons (Fsp3) is 0.526. The number of carbonyl (C=O) groups excluding carboxylic acids is 1. The molecule has 2 aromatic rings. The third-order valence-electron chi connectivity index (χ3n) is 5.21. The lowest BCUT2D eigenvalue weighted by Gasteiger charge is -2.32. The van der Waals surface area contributed by atoms with Gasteiger partial charge < -0.3 is 4.90 Å². The van der Waals surface area contributed by atoms with Crippen LogP contribution in [0.1, 0.15) is 42.7 Å². The van der Waals surface area contributed by atoms with Crippen molar-refractivity contribution in [3.05, 3.63) is 48.0 Å². The summed E-state index contributed by atoms with van der Waals surface area (Å²) in [4.78, 5) is 18.7. The van der Waals surface area contributed by atoms with E-state index >= 15 is 0 Å². The van der Waals surface area contributed by atoms with Gasteiger partial charge in [-0.2, -0.15) is 5.10 Å². The predicted octanol–water partition coefficient (Wildman–Crippen LogP) is 2.64. The Morgan fingerprint density at radius 2 is 2.00 bits per heavy atom. The minimum absolute atomic E-state index is 0.195. The zero-order chi connectivity index (χ0) is 16.4. The summed E-state index contributed by atoms with van der Waals surface area (Å²) in [6.45, 7) is 2.10. The minimum atomic E-state index is 0.195. The molecule has 0 N–H and O–H groups in total. The van der Waals surface area contributed by atoms with Crippen LogP contribution in [0.5, 0.6) is 0 Å². The molecule has 1 saturated carbocycles. The highest BCUT2D eigenvalue weighted by Crippen LogP contribution is 2.39. The molecule has 2 fully saturated rings. The molecular formula is C19H24N4O. The molecule has 3 heterocycles. The predicted molar refractivity (Wildman–Crippen MR) is 91.4 cm³/mol. The van der Waals surface area contributed by atoms with E-state index in [9.17, 15) is 4.79 Å². The van der Waals surface area contributed by atoms with Crippen molar-refractivity contribution in [1.82, 2.24) is 19.7 Å². The number of piperidine rings is 1. The topological polar surface area (TPSA) is 51.0 Å². The van der Waals surface area contributed by atoms with Gasteiger partial charge in [-0.3, -0.25) is 14.5 Å². The van der Waals surface area contributed by atoms with Crippen molar-refractivity contribution < 1.29 is 4.79 Å². The van der Waals surface area contributed by atoms with Gasteiger partial charge in [0.15, 0.2) is 0 Å². The lowest BCUT2D eigenvalue weighted by Crippen LogP contribution is -2.40. The Kier molecular flexibility index (Phi) is 4.32. The second-order valence-corrected chi connectivity index (χ2v) is 7.14. The first-order valence-corrected chi connectivity index (χ1v) is 8.97. The summed E-state index contributed by atoms with van der Waals surface area (Å²) >= 11 is 0. The summed E-state index contributed by atoms with van der Waals surface area (Å²) in [6, 6.07) is 4.13. The SMILES string of the molecule is O=C(Cn1cc(C2CC2)cn1)N1CCC(Cc2cccnc2)CC1. The van der Waals surface area contributed by atoms with Crippen LogP contribution in [-0.2, 0) is 17.8 Å². The first-order chi connectivity index (χ1) is 11.8. The molecule has 1 aliphatic heterocycles. The van der Waals surface area contributed by atoms with E-state index in [1.807, 2.05) is 35.8 Å². The maximum absolute atomic E-state index is 12.5. The molecule has 2 aromatic heterocycles. The number of amides is 1. The second kappa shape index (κ2) is 6.75. The van der Waals surface area contributed by atoms with Crippen LogP contribution in [0.25, 0.3) is 0 Å². The Hall–Kier alpha value is -2.17. The lowest BCUT2D eigenvalue weighted by atomic mass is 9.91. The van der Waals surface area contributed by atoms with Gasteiger partial charge in [0.25, 0.3) is 0 Å². The van der Waals surface area contributed by atoms with Crippen LogP contribution in [0.3, 0.4) is 0 Å². The molecule has 24 heavy (non-hydrogen) atoms. The first-order valence-electron chi connectivity index (χ1n) is 8.97. The minimum Gasteiger partial charge on any atom is -0.341 e. The monoisotopic (exact) mass is 324 g/mol. The number of carbonyl (C=O) groups is 1. The maximum Gasteiger partial charge on any atom is 0.244 e. The van der Waals surface area contributed by atoms with Crippen molar-refractivity contribution in [2.24, 2.45) is 5.92 Å². The van der Waals surface area contributed by atoms with Gasteiger partial charge >= 0.3 is 0 Å². The third-order valence-corrected chi connectivity index (χ3v) is 5.21. The number of likely N-dealkylation sites (tertiary alicyclic amines) is 1. The smallest absolute Gasteiger partial charge is 0.244 e. The largest absolute Gasteiger partial charge is 0.341 e. The third kappa shape index (κ3) is 3.66. The molecule has 5 nitrogen and oxygen atoms in total. The molecule has 1 saturated heterocycles. The van der Waals surface area contributed by atoms with Crippen molar-refractivity contribution in [3.63, 3.8) is 0 Å². The van der Waals surface area contributed by atoms with Gasteiger partial charge in [-0.1, -0.05) is 6.07 Å². The van der Waals surface area contributed by atoms with E-state index in [2.05, 4.69) is 16.1 Å². The van der Waals surface area contributed by atoms with Gasteiger partial charge in [-0.05, 0) is 61.1 Å². The second-order valence-electron chi connectivity index (χ2n) is 7.14. The fourth-order valence-corrected chi connectivity index (χ4v) is 3.57. The van der Waals surface area contributed by atoms with Gasteiger partial charge in [0.1, 0.15) is 6.54 Å². The Morgan fingerprint density at radius 3 is 2.71 bits per heavy atom. The van der Waals surface area contributed by atoms with E-state index < -0.39 is 0 Å². The number of nitrogens with zero attached hydrogens (tertiary/aromatic N) is 4. The summed E-state index contributed by atoms with van der Waals surface area (Å²) in [5.41, 5.74) is 2.59. The number of hydrogen-bond donors (Lipinski definition) is 0. The molecule has 4 rings (SSSR count). The molecule has 0 aromatic carbocycles. The van der Waals surface area contributed by atoms with Crippen LogP contribution in [-0.4, -0.2) is 38.7 Å². The summed E-state index contributed by atoms with van der Waals surface area (Å²) in [7, 11) is 0. The molecule has 126 valence electrons. The summed E-state index contributed by atoms with van der Waals surface area (Å²) in [6.07, 6.45) is 13.5. The highest BCUT2D eigenvalue weighted by atomic mass is 16.2. The molecular weight excluding hydrogens is 300 g/mol. The summed E-state index contributed by atoms with van der Waals surface area (Å²) in [5.74, 6) is 1.54. The average molecular weight is 324 g/mol. The number of aromatic nitrogens is 3. The van der Waals surface area contributed by atoms with Crippen molar-refractivity contribution in [3.8, 4) is 0 Å². The molecule has 0 spiro atoms. The van der Waals surface area contributed by atoms with Crippen molar-refractivity contribution in [1.29, 1.82) is 0 Å². The van der Waals surface area contributed by atoms with E-state index in [-0.39, 0.29) is 5.91 Å². The molecule has 0 bridgehead atoms. The van der Waals surface area contributed by atoms with E-state index in [0.29, 0.717) is 18.4 Å². The van der Waals surface area contributed by atoms with E-state index in [1.165, 1.54) is 24.0 Å². The molecule has 1 amide bonds. The normalized spacial score (nSPS) is 18.8. The fourth-order valence-electron chi connectivity index (χ4n) is 3.57. The van der Waals surface area contributed by atoms with E-state index in [4.69, 9.17) is 0 Å². The van der Waals surface area contributed by atoms with Gasteiger partial charge in [-0.15, -0.1) is 0 Å². The number of hydrogen-bond acceptors (Lipinski definition) is 3. The Bertz CT molecular complexity index is 684. The van der Waals surface area contributed by atoms with Gasteiger partial charge in [-0.25, -0.2) is 0 Å². The molecule has 5 heteroatoms. The summed E-state index contributed by atoms with van der Waals surface area (Å²) < 4.78 is 1.80. The van der Waals surface area contributed by atoms with Crippen molar-refractivity contribution >= 4 is 5.91 Å². The molecule has 0 atom stereocenters. The maximum atomic E-state index is 12.5. The Balaban J connectivity index is 1.26. The Morgan fingerprint density at radius 1 is 1.17 bits per heavy atom. The van der Waals surface area contributed by atoms with Gasteiger partial charge in [0.05, 0.1) is 6.20 Å². The molecule has 0 radical (unpaired) electrons. The summed E-state index contributed by atoms with van der Waals surface area (Å²) in [5, 5.41) is 4.35. The van der Waals surface area contributed by atoms with Crippen molar-refractivity contribution in [2.45, 2.75) is 44.6 Å². The molecule has 2 aliphatic rings. The van der Waals surface area contributed by atoms with Crippen LogP contribution in [0.15, 0.2) is 36.9 Å². The highest BCUT2D eigenvalue weighted by molar-refractivity contribution is 5.76. The number of pyridine rings is 1. The van der Waals surface area contributed by atoms with E-state index in [0.717, 1.165) is 32.4 Å². The van der Waals surface area contributed by atoms with Gasteiger partial charge in [0, 0.05) is 31.7 Å². The average Bonchev–Trinajstić information content (AvgIpc) is 3.36. The standard InChI is InChI=1S/C19H24N4O/c24-19(14-23-13-18(12-21-23)17-3-4-17)22-8-5-15(6-9-22)10-16-2-1-7-20-11-16/h1-2,7,11-13,15,17H,3-6,8-10,14H2. The van der Waals surface area contributed by atoms with Crippen LogP contribution in [0.4, 0.5) is 0 Å². The van der Waals surface area contributed by atoms with Crippen LogP contribution >= 0.6 is 0 Å².